The Morgan fingerprint density at radius 1 is 1.20 bits per heavy atom. The first-order valence-corrected chi connectivity index (χ1v) is 10.1. The van der Waals surface area contributed by atoms with E-state index in [-0.39, 0.29) is 17.5 Å². The van der Waals surface area contributed by atoms with Gasteiger partial charge in [-0.3, -0.25) is 4.79 Å². The van der Waals surface area contributed by atoms with Crippen molar-refractivity contribution in [2.24, 2.45) is 0 Å². The van der Waals surface area contributed by atoms with E-state index in [1.54, 1.807) is 16.8 Å². The van der Waals surface area contributed by atoms with Gasteiger partial charge in [0.2, 0.25) is 5.91 Å². The molecule has 30 heavy (non-hydrogen) atoms. The number of amides is 1. The summed E-state index contributed by atoms with van der Waals surface area (Å²) in [5, 5.41) is 3.94. The van der Waals surface area contributed by atoms with Crippen LogP contribution in [0.1, 0.15) is 31.7 Å². The van der Waals surface area contributed by atoms with Gasteiger partial charge >= 0.3 is 0 Å². The summed E-state index contributed by atoms with van der Waals surface area (Å²) in [6.45, 7) is 4.28. The number of nitrogens with zero attached hydrogens (tertiary/aromatic N) is 6. The third-order valence-corrected chi connectivity index (χ3v) is 4.97. The standard InChI is InChI=1S/C12H16FN3O.C9H10FN3/c1-15(11-5-4-10(13)9-14-11)7-8-16-6-2-3-12(16)17;1-2-3-7-8(10)4-5-13-9(7)11-6-12-13/h4-5,9H,2-3,6-8H2,1H3;4-6H,2-3H2,1H3. The van der Waals surface area contributed by atoms with Gasteiger partial charge in [0, 0.05) is 44.9 Å². The number of likely N-dealkylation sites (tertiary alicyclic amines) is 1. The molecule has 1 saturated heterocycles. The molecule has 1 amide bonds. The molecule has 4 heterocycles. The van der Waals surface area contributed by atoms with Crippen molar-refractivity contribution in [3.05, 3.63) is 54.1 Å². The molecule has 7 nitrogen and oxygen atoms in total. The van der Waals surface area contributed by atoms with Crippen LogP contribution in [-0.4, -0.2) is 57.1 Å². The molecule has 0 aromatic carbocycles. The number of carbonyl (C=O) groups excluding carboxylic acids is 1. The largest absolute Gasteiger partial charge is 0.358 e. The van der Waals surface area contributed by atoms with Gasteiger partial charge in [0.25, 0.3) is 0 Å². The second-order valence-electron chi connectivity index (χ2n) is 7.16. The minimum atomic E-state index is -0.336. The maximum Gasteiger partial charge on any atom is 0.222 e. The van der Waals surface area contributed by atoms with Gasteiger partial charge in [-0.15, -0.1) is 0 Å². The lowest BCUT2D eigenvalue weighted by Crippen LogP contribution is -2.34. The number of anilines is 1. The Balaban J connectivity index is 0.000000177. The molecule has 0 N–H and O–H groups in total. The monoisotopic (exact) mass is 416 g/mol. The number of hydrogen-bond donors (Lipinski definition) is 0. The van der Waals surface area contributed by atoms with Crippen LogP contribution in [0, 0.1) is 11.6 Å². The molecule has 160 valence electrons. The second-order valence-corrected chi connectivity index (χ2v) is 7.16. The summed E-state index contributed by atoms with van der Waals surface area (Å²) in [7, 11) is 1.89. The maximum atomic E-state index is 13.3. The van der Waals surface area contributed by atoms with Crippen molar-refractivity contribution in [3.8, 4) is 0 Å². The Morgan fingerprint density at radius 3 is 2.70 bits per heavy atom. The highest BCUT2D eigenvalue weighted by Gasteiger charge is 2.19. The highest BCUT2D eigenvalue weighted by atomic mass is 19.1. The van der Waals surface area contributed by atoms with E-state index in [0.717, 1.165) is 25.2 Å². The van der Waals surface area contributed by atoms with E-state index < -0.39 is 0 Å². The Labute approximate surface area is 174 Å². The highest BCUT2D eigenvalue weighted by molar-refractivity contribution is 5.78. The lowest BCUT2D eigenvalue weighted by atomic mass is 10.1. The van der Waals surface area contributed by atoms with Crippen LogP contribution in [0.4, 0.5) is 14.6 Å². The van der Waals surface area contributed by atoms with Gasteiger partial charge in [0.1, 0.15) is 23.8 Å². The zero-order valence-electron chi connectivity index (χ0n) is 17.3. The lowest BCUT2D eigenvalue weighted by Gasteiger charge is -2.22. The zero-order valence-corrected chi connectivity index (χ0v) is 17.3. The molecule has 4 rings (SSSR count). The minimum Gasteiger partial charge on any atom is -0.358 e. The van der Waals surface area contributed by atoms with Crippen molar-refractivity contribution in [2.75, 3.05) is 31.6 Å². The molecule has 1 fully saturated rings. The second kappa shape index (κ2) is 10.1. The summed E-state index contributed by atoms with van der Waals surface area (Å²) in [4.78, 5) is 23.2. The van der Waals surface area contributed by atoms with Gasteiger partial charge in [0.05, 0.1) is 6.20 Å². The number of aryl methyl sites for hydroxylation is 1. The molecule has 0 saturated carbocycles. The summed E-state index contributed by atoms with van der Waals surface area (Å²) in [6.07, 6.45) is 7.45. The number of rotatable bonds is 6. The quantitative estimate of drug-likeness (QED) is 0.618. The van der Waals surface area contributed by atoms with E-state index in [2.05, 4.69) is 15.1 Å². The van der Waals surface area contributed by atoms with Crippen LogP contribution in [0.5, 0.6) is 0 Å². The minimum absolute atomic E-state index is 0.192. The van der Waals surface area contributed by atoms with Crippen molar-refractivity contribution in [1.29, 1.82) is 0 Å². The molecule has 9 heteroatoms. The zero-order chi connectivity index (χ0) is 21.5. The molecular formula is C21H26F2N6O. The van der Waals surface area contributed by atoms with Gasteiger partial charge in [0.15, 0.2) is 5.65 Å². The maximum absolute atomic E-state index is 13.3. The molecule has 3 aromatic heterocycles. The van der Waals surface area contributed by atoms with Gasteiger partial charge in [-0.25, -0.2) is 23.3 Å². The van der Waals surface area contributed by atoms with E-state index in [9.17, 15) is 13.6 Å². The topological polar surface area (TPSA) is 66.6 Å². The van der Waals surface area contributed by atoms with Gasteiger partial charge in [-0.2, -0.15) is 5.10 Å². The Kier molecular flexibility index (Phi) is 7.26. The highest BCUT2D eigenvalue weighted by Crippen LogP contribution is 2.14. The van der Waals surface area contributed by atoms with Crippen LogP contribution in [0.15, 0.2) is 36.9 Å². The Hall–Kier alpha value is -3.10. The van der Waals surface area contributed by atoms with Gasteiger partial charge < -0.3 is 9.80 Å². The van der Waals surface area contributed by atoms with E-state index in [4.69, 9.17) is 0 Å². The van der Waals surface area contributed by atoms with E-state index >= 15 is 0 Å². The number of pyridine rings is 2. The third-order valence-electron chi connectivity index (χ3n) is 4.97. The summed E-state index contributed by atoms with van der Waals surface area (Å²) in [6, 6.07) is 4.45. The van der Waals surface area contributed by atoms with Crippen molar-refractivity contribution in [3.63, 3.8) is 0 Å². The van der Waals surface area contributed by atoms with Crippen LogP contribution in [0.3, 0.4) is 0 Å². The van der Waals surface area contributed by atoms with E-state index in [1.807, 2.05) is 23.8 Å². The molecule has 0 unspecified atom stereocenters. The van der Waals surface area contributed by atoms with Crippen LogP contribution in [0.2, 0.25) is 0 Å². The van der Waals surface area contributed by atoms with Crippen molar-refractivity contribution in [2.45, 2.75) is 32.6 Å². The summed E-state index contributed by atoms with van der Waals surface area (Å²) in [5.74, 6) is 0.419. The van der Waals surface area contributed by atoms with Gasteiger partial charge in [-0.1, -0.05) is 13.3 Å². The molecule has 1 aliphatic heterocycles. The van der Waals surface area contributed by atoms with Crippen molar-refractivity contribution < 1.29 is 13.6 Å². The molecule has 1 aliphatic rings. The average Bonchev–Trinajstić information content (AvgIpc) is 3.38. The molecule has 3 aromatic rings. The van der Waals surface area contributed by atoms with E-state index in [0.29, 0.717) is 37.1 Å². The molecule has 0 bridgehead atoms. The van der Waals surface area contributed by atoms with Crippen LogP contribution < -0.4 is 4.90 Å². The molecule has 0 aliphatic carbocycles. The number of aromatic nitrogens is 4. The van der Waals surface area contributed by atoms with Crippen molar-refractivity contribution >= 4 is 17.4 Å². The molecule has 0 atom stereocenters. The Morgan fingerprint density at radius 2 is 2.03 bits per heavy atom. The van der Waals surface area contributed by atoms with Crippen molar-refractivity contribution in [1.82, 2.24) is 24.5 Å². The van der Waals surface area contributed by atoms with Crippen LogP contribution in [0.25, 0.3) is 5.65 Å². The average molecular weight is 416 g/mol. The predicted molar refractivity (Wildman–Crippen MR) is 110 cm³/mol. The normalized spacial score (nSPS) is 13.5. The van der Waals surface area contributed by atoms with E-state index in [1.165, 1.54) is 24.7 Å². The number of carbonyl (C=O) groups is 1. The fraction of sp³-hybridized carbons (Fsp3) is 0.429. The SMILES string of the molecule is CCCc1c(F)ccn2ncnc12.CN(CCN1CCCC1=O)c1ccc(F)cn1. The number of hydrogen-bond acceptors (Lipinski definition) is 5. The number of halogens is 2. The Bertz CT molecular complexity index is 975. The van der Waals surface area contributed by atoms with Gasteiger partial charge in [-0.05, 0) is 31.0 Å². The fourth-order valence-corrected chi connectivity index (χ4v) is 3.32. The first-order valence-electron chi connectivity index (χ1n) is 10.1. The first-order chi connectivity index (χ1) is 14.5. The smallest absolute Gasteiger partial charge is 0.222 e. The molecule has 0 radical (unpaired) electrons. The third kappa shape index (κ3) is 5.28. The lowest BCUT2D eigenvalue weighted by molar-refractivity contribution is -0.127. The van der Waals surface area contributed by atoms with Crippen LogP contribution in [-0.2, 0) is 11.2 Å². The first kappa shape index (κ1) is 21.6. The fourth-order valence-electron chi connectivity index (χ4n) is 3.32. The van der Waals surface area contributed by atoms with Crippen LogP contribution >= 0.6 is 0 Å². The number of likely N-dealkylation sites (N-methyl/N-ethyl adjacent to an activating group) is 1. The molecule has 0 spiro atoms. The number of fused-ring (bicyclic) bond motifs is 1. The summed E-state index contributed by atoms with van der Waals surface area (Å²) >= 11 is 0. The predicted octanol–water partition coefficient (Wildman–Crippen LogP) is 3.10. The molecular weight excluding hydrogens is 390 g/mol. The summed E-state index contributed by atoms with van der Waals surface area (Å²) < 4.78 is 27.6. The summed E-state index contributed by atoms with van der Waals surface area (Å²) in [5.41, 5.74) is 1.28.